The molecule has 0 spiro atoms. The molecule has 0 saturated carbocycles. The Balaban J connectivity index is 1.64. The van der Waals surface area contributed by atoms with Gasteiger partial charge >= 0.3 is 5.70 Å². The molecule has 0 aliphatic carbocycles. The van der Waals surface area contributed by atoms with Gasteiger partial charge in [0.1, 0.15) is 9.40 Å². The van der Waals surface area contributed by atoms with Gasteiger partial charge in [-0.1, -0.05) is 119 Å². The quantitative estimate of drug-likeness (QED) is 0.110. The maximum atomic E-state index is 11.8. The highest BCUT2D eigenvalue weighted by atomic mass is 35.5. The third-order valence-corrected chi connectivity index (χ3v) is 7.75. The number of benzene rings is 4. The van der Waals surface area contributed by atoms with Gasteiger partial charge in [0.2, 0.25) is 0 Å². The molecule has 0 aliphatic heterocycles. The number of hydrogen-bond donors (Lipinski definition) is 0. The summed E-state index contributed by atoms with van der Waals surface area (Å²) < 4.78 is 0.0125. The Morgan fingerprint density at radius 3 is 1.56 bits per heavy atom. The predicted octanol–water partition coefficient (Wildman–Crippen LogP) is 9.21. The third kappa shape index (κ3) is 5.25. The van der Waals surface area contributed by atoms with Gasteiger partial charge in [-0.15, -0.1) is 0 Å². The van der Waals surface area contributed by atoms with Crippen LogP contribution < -0.4 is 0 Å². The van der Waals surface area contributed by atoms with Gasteiger partial charge in [0.15, 0.2) is 4.36 Å². The summed E-state index contributed by atoms with van der Waals surface area (Å²) >= 11 is 21.3. The molecule has 0 fully saturated rings. The van der Waals surface area contributed by atoms with Gasteiger partial charge in [0, 0.05) is 9.79 Å². The topological polar surface area (TPSA) is 43.1 Å². The maximum Gasteiger partial charge on any atom is 0.315 e. The van der Waals surface area contributed by atoms with Crippen LogP contribution >= 0.6 is 58.3 Å². The highest BCUT2D eigenvalue weighted by Crippen LogP contribution is 2.42. The molecule has 0 aliphatic rings. The largest absolute Gasteiger partial charge is 0.315 e. The van der Waals surface area contributed by atoms with Crippen LogP contribution in [0.25, 0.3) is 21.5 Å². The first-order chi connectivity index (χ1) is 15.4. The molecule has 0 unspecified atom stereocenters. The average molecular weight is 519 g/mol. The van der Waals surface area contributed by atoms with E-state index in [4.69, 9.17) is 34.8 Å². The lowest BCUT2D eigenvalue weighted by atomic mass is 10.1. The number of allylic oxidation sites excluding steroid dienone is 1. The van der Waals surface area contributed by atoms with Crippen molar-refractivity contribution < 1.29 is 4.92 Å². The van der Waals surface area contributed by atoms with Crippen molar-refractivity contribution in [2.24, 2.45) is 0 Å². The molecular weight excluding hydrogens is 505 g/mol. The van der Waals surface area contributed by atoms with Crippen molar-refractivity contribution in [3.63, 3.8) is 0 Å². The van der Waals surface area contributed by atoms with E-state index in [-0.39, 0.29) is 13.8 Å². The maximum absolute atomic E-state index is 11.8. The molecule has 0 bridgehead atoms. The van der Waals surface area contributed by atoms with Crippen LogP contribution in [-0.2, 0) is 0 Å². The number of thioether (sulfide) groups is 2. The van der Waals surface area contributed by atoms with E-state index in [1.165, 1.54) is 0 Å². The van der Waals surface area contributed by atoms with Crippen LogP contribution in [0, 0.1) is 10.1 Å². The van der Waals surface area contributed by atoms with Gasteiger partial charge in [0.05, 0.1) is 4.92 Å². The lowest BCUT2D eigenvalue weighted by Crippen LogP contribution is -2.01. The summed E-state index contributed by atoms with van der Waals surface area (Å²) in [6.45, 7) is 0. The zero-order valence-electron chi connectivity index (χ0n) is 16.3. The second kappa shape index (κ2) is 10.2. The van der Waals surface area contributed by atoms with Gasteiger partial charge in [-0.3, -0.25) is 10.1 Å². The molecule has 0 heterocycles. The van der Waals surface area contributed by atoms with Crippen molar-refractivity contribution in [1.29, 1.82) is 0 Å². The second-order valence-corrected chi connectivity index (χ2v) is 10.4. The Morgan fingerprint density at radius 1 is 0.656 bits per heavy atom. The highest BCUT2D eigenvalue weighted by molar-refractivity contribution is 8.05. The average Bonchev–Trinajstić information content (AvgIpc) is 2.78. The fourth-order valence-electron chi connectivity index (χ4n) is 3.09. The first kappa shape index (κ1) is 23.0. The summed E-state index contributed by atoms with van der Waals surface area (Å²) in [5.41, 5.74) is -0.426. The van der Waals surface area contributed by atoms with E-state index in [9.17, 15) is 10.1 Å². The highest BCUT2D eigenvalue weighted by Gasteiger charge is 2.26. The Kier molecular flexibility index (Phi) is 7.33. The monoisotopic (exact) mass is 517 g/mol. The smallest absolute Gasteiger partial charge is 0.258 e. The van der Waals surface area contributed by atoms with Crippen LogP contribution in [0.3, 0.4) is 0 Å². The minimum absolute atomic E-state index is 0.0625. The van der Waals surface area contributed by atoms with Gasteiger partial charge < -0.3 is 0 Å². The van der Waals surface area contributed by atoms with Crippen LogP contribution in [0.15, 0.2) is 114 Å². The van der Waals surface area contributed by atoms with Crippen LogP contribution in [0.1, 0.15) is 0 Å². The molecule has 0 aromatic heterocycles. The fraction of sp³-hybridized carbons (Fsp3) is 0. The van der Waals surface area contributed by atoms with E-state index >= 15 is 0 Å². The molecule has 0 amide bonds. The molecule has 32 heavy (non-hydrogen) atoms. The van der Waals surface area contributed by atoms with Crippen LogP contribution in [0.2, 0.25) is 0 Å². The molecule has 160 valence electrons. The molecule has 3 nitrogen and oxygen atoms in total. The third-order valence-electron chi connectivity index (χ3n) is 4.61. The standard InChI is InChI=1S/C24H14Cl3NO2S2/c25-21(23(26)31-19-11-9-15-5-1-3-7-17(15)13-19)22(28(29)30)24(27)32-20-12-10-16-6-2-4-8-18(16)14-20/h1-14H/b23-21+,24-22+. The van der Waals surface area contributed by atoms with Crippen molar-refractivity contribution in [1.82, 2.24) is 0 Å². The summed E-state index contributed by atoms with van der Waals surface area (Å²) in [7, 11) is 0. The van der Waals surface area contributed by atoms with Crippen molar-refractivity contribution in [3.8, 4) is 0 Å². The molecule has 0 radical (unpaired) electrons. The predicted molar refractivity (Wildman–Crippen MR) is 138 cm³/mol. The Labute approximate surface area is 208 Å². The summed E-state index contributed by atoms with van der Waals surface area (Å²) in [4.78, 5) is 12.7. The first-order valence-corrected chi connectivity index (χ1v) is 12.1. The lowest BCUT2D eigenvalue weighted by Gasteiger charge is -2.07. The molecule has 0 N–H and O–H groups in total. The summed E-state index contributed by atoms with van der Waals surface area (Å²) in [5, 5.41) is 15.8. The number of halogens is 3. The zero-order valence-corrected chi connectivity index (χ0v) is 20.2. The molecule has 4 aromatic rings. The lowest BCUT2D eigenvalue weighted by molar-refractivity contribution is -0.419. The van der Waals surface area contributed by atoms with Crippen molar-refractivity contribution in [3.05, 3.63) is 115 Å². The Morgan fingerprint density at radius 2 is 1.09 bits per heavy atom. The number of rotatable bonds is 6. The summed E-state index contributed by atoms with van der Waals surface area (Å²) in [6, 6.07) is 27.3. The number of fused-ring (bicyclic) bond motifs is 2. The number of nitro groups is 1. The molecule has 8 heteroatoms. The zero-order chi connectivity index (χ0) is 22.7. The van der Waals surface area contributed by atoms with Crippen molar-refractivity contribution >= 4 is 79.9 Å². The van der Waals surface area contributed by atoms with Crippen LogP contribution in [0.5, 0.6) is 0 Å². The van der Waals surface area contributed by atoms with E-state index in [0.717, 1.165) is 54.9 Å². The first-order valence-electron chi connectivity index (χ1n) is 9.35. The van der Waals surface area contributed by atoms with Crippen LogP contribution in [0.4, 0.5) is 0 Å². The van der Waals surface area contributed by atoms with E-state index < -0.39 is 10.6 Å². The number of hydrogen-bond acceptors (Lipinski definition) is 4. The second-order valence-electron chi connectivity index (χ2n) is 6.69. The van der Waals surface area contributed by atoms with E-state index in [1.807, 2.05) is 84.9 Å². The van der Waals surface area contributed by atoms with Crippen molar-refractivity contribution in [2.75, 3.05) is 0 Å². The summed E-state index contributed by atoms with van der Waals surface area (Å²) in [6.07, 6.45) is 0. The van der Waals surface area contributed by atoms with E-state index in [1.54, 1.807) is 0 Å². The fourth-order valence-corrected chi connectivity index (χ4v) is 5.78. The molecular formula is C24H14Cl3NO2S2. The number of nitrogens with zero attached hydrogens (tertiary/aromatic N) is 1. The SMILES string of the molecule is O=[N+]([O-])C(=C(\Cl)Sc1ccc2ccccc2c1)/C(Cl)=C(/Cl)Sc1ccc2ccccc2c1. The van der Waals surface area contributed by atoms with Gasteiger partial charge in [-0.25, -0.2) is 0 Å². The van der Waals surface area contributed by atoms with E-state index in [0.29, 0.717) is 0 Å². The van der Waals surface area contributed by atoms with E-state index in [2.05, 4.69) is 0 Å². The minimum Gasteiger partial charge on any atom is -0.258 e. The molecule has 0 atom stereocenters. The molecule has 4 rings (SSSR count). The van der Waals surface area contributed by atoms with Gasteiger partial charge in [-0.05, 0) is 45.8 Å². The normalized spacial score (nSPS) is 13.1. The van der Waals surface area contributed by atoms with Crippen LogP contribution in [-0.4, -0.2) is 4.92 Å². The van der Waals surface area contributed by atoms with Gasteiger partial charge in [-0.2, -0.15) is 0 Å². The summed E-state index contributed by atoms with van der Waals surface area (Å²) in [5.74, 6) is 0. The van der Waals surface area contributed by atoms with Crippen molar-refractivity contribution in [2.45, 2.75) is 9.79 Å². The Hall–Kier alpha value is -2.15. The molecule has 4 aromatic carbocycles. The minimum atomic E-state index is -0.609. The van der Waals surface area contributed by atoms with Gasteiger partial charge in [0.25, 0.3) is 0 Å². The Bertz CT molecular complexity index is 1400. The molecule has 0 saturated heterocycles.